The van der Waals surface area contributed by atoms with Crippen molar-refractivity contribution in [1.29, 1.82) is 0 Å². The zero-order valence-electron chi connectivity index (χ0n) is 20.4. The van der Waals surface area contributed by atoms with Crippen molar-refractivity contribution >= 4 is 22.1 Å². The maximum absolute atomic E-state index is 14.0. The van der Waals surface area contributed by atoms with Crippen LogP contribution in [0.2, 0.25) is 0 Å². The standard InChI is InChI=1S/C29H24FN7O/c30-21-10-19(11-22(38)13-21)23-5-6-32-28-26(23)33-29(34-28)27-24-12-18(3-4-25(24)35-36-27)20-9-17(14-31-15-20)16-37-7-1-2-8-37/h3-6,9-15,38H,1-2,7-8,16H2,(H,35,36)(H,32,33,34). The molecular formula is C29H24FN7O. The van der Waals surface area contributed by atoms with Gasteiger partial charge in [-0.05, 0) is 79.0 Å². The van der Waals surface area contributed by atoms with Crippen LogP contribution in [0.25, 0.3) is 55.8 Å². The number of hydrogen-bond donors (Lipinski definition) is 3. The van der Waals surface area contributed by atoms with Gasteiger partial charge in [-0.15, -0.1) is 0 Å². The normalized spacial score (nSPS) is 14.1. The summed E-state index contributed by atoms with van der Waals surface area (Å²) in [4.78, 5) is 19.4. The van der Waals surface area contributed by atoms with Gasteiger partial charge in [-0.3, -0.25) is 15.0 Å². The minimum Gasteiger partial charge on any atom is -0.508 e. The third-order valence-electron chi connectivity index (χ3n) is 7.11. The molecular weight excluding hydrogens is 481 g/mol. The van der Waals surface area contributed by atoms with Gasteiger partial charge in [0.05, 0.1) is 11.0 Å². The molecule has 38 heavy (non-hydrogen) atoms. The first-order chi connectivity index (χ1) is 18.6. The monoisotopic (exact) mass is 505 g/mol. The molecule has 4 aromatic heterocycles. The van der Waals surface area contributed by atoms with Crippen LogP contribution in [0, 0.1) is 5.82 Å². The average molecular weight is 506 g/mol. The summed E-state index contributed by atoms with van der Waals surface area (Å²) in [6.07, 6.45) is 7.97. The number of imidazole rings is 1. The summed E-state index contributed by atoms with van der Waals surface area (Å²) < 4.78 is 14.0. The molecule has 1 fully saturated rings. The minimum absolute atomic E-state index is 0.144. The van der Waals surface area contributed by atoms with Crippen molar-refractivity contribution in [3.8, 4) is 39.5 Å². The van der Waals surface area contributed by atoms with Crippen molar-refractivity contribution in [2.45, 2.75) is 19.4 Å². The fourth-order valence-corrected chi connectivity index (χ4v) is 5.30. The fraction of sp³-hybridized carbons (Fsp3) is 0.172. The Hall–Kier alpha value is -4.63. The molecule has 1 saturated heterocycles. The van der Waals surface area contributed by atoms with Gasteiger partial charge in [0, 0.05) is 47.7 Å². The Bertz CT molecular complexity index is 1780. The van der Waals surface area contributed by atoms with Gasteiger partial charge in [0.25, 0.3) is 0 Å². The number of fused-ring (bicyclic) bond motifs is 2. The molecule has 2 aromatic carbocycles. The van der Waals surface area contributed by atoms with Gasteiger partial charge >= 0.3 is 0 Å². The number of pyridine rings is 2. The molecule has 0 saturated carbocycles. The van der Waals surface area contributed by atoms with Crippen molar-refractivity contribution < 1.29 is 9.50 Å². The Morgan fingerprint density at radius 3 is 2.71 bits per heavy atom. The number of aromatic amines is 2. The number of aromatic hydroxyl groups is 1. The van der Waals surface area contributed by atoms with Crippen molar-refractivity contribution in [1.82, 2.24) is 35.0 Å². The minimum atomic E-state index is -0.519. The van der Waals surface area contributed by atoms with Crippen LogP contribution in [0.5, 0.6) is 5.75 Å². The quantitative estimate of drug-likeness (QED) is 0.279. The SMILES string of the molecule is Oc1cc(F)cc(-c2ccnc3nc(-c4n[nH]c5ccc(-c6cncc(CN7CCCC7)c6)cc45)[nH]c23)c1. The molecule has 9 heteroatoms. The number of hydrogen-bond acceptors (Lipinski definition) is 6. The molecule has 0 bridgehead atoms. The highest BCUT2D eigenvalue weighted by molar-refractivity contribution is 5.97. The summed E-state index contributed by atoms with van der Waals surface area (Å²) in [6, 6.07) is 14.1. The van der Waals surface area contributed by atoms with E-state index in [2.05, 4.69) is 53.2 Å². The van der Waals surface area contributed by atoms with Crippen molar-refractivity contribution in [3.05, 3.63) is 78.5 Å². The second-order valence-corrected chi connectivity index (χ2v) is 9.74. The number of halogens is 1. The van der Waals surface area contributed by atoms with Crippen LogP contribution in [0.4, 0.5) is 4.39 Å². The molecule has 0 aliphatic carbocycles. The highest BCUT2D eigenvalue weighted by atomic mass is 19.1. The molecule has 0 atom stereocenters. The molecule has 0 amide bonds. The third kappa shape index (κ3) is 4.06. The van der Waals surface area contributed by atoms with Crippen LogP contribution in [0.1, 0.15) is 18.4 Å². The Morgan fingerprint density at radius 1 is 0.947 bits per heavy atom. The zero-order chi connectivity index (χ0) is 25.6. The summed E-state index contributed by atoms with van der Waals surface area (Å²) in [5, 5.41) is 18.5. The zero-order valence-corrected chi connectivity index (χ0v) is 20.4. The lowest BCUT2D eigenvalue weighted by Crippen LogP contribution is -2.18. The van der Waals surface area contributed by atoms with Crippen LogP contribution >= 0.6 is 0 Å². The summed E-state index contributed by atoms with van der Waals surface area (Å²) >= 11 is 0. The van der Waals surface area contributed by atoms with Gasteiger partial charge < -0.3 is 10.1 Å². The highest BCUT2D eigenvalue weighted by Gasteiger charge is 2.17. The molecule has 1 aliphatic heterocycles. The number of likely N-dealkylation sites (tertiary alicyclic amines) is 1. The number of benzene rings is 2. The number of phenols is 1. The third-order valence-corrected chi connectivity index (χ3v) is 7.11. The molecule has 0 radical (unpaired) electrons. The van der Waals surface area contributed by atoms with Crippen LogP contribution in [-0.4, -0.2) is 53.2 Å². The Labute approximate surface area is 217 Å². The van der Waals surface area contributed by atoms with E-state index in [-0.39, 0.29) is 5.75 Å². The van der Waals surface area contributed by atoms with Gasteiger partial charge in [0.1, 0.15) is 17.3 Å². The van der Waals surface area contributed by atoms with Crippen LogP contribution in [0.15, 0.2) is 67.1 Å². The van der Waals surface area contributed by atoms with Crippen molar-refractivity contribution in [3.63, 3.8) is 0 Å². The first kappa shape index (κ1) is 22.6. The van der Waals surface area contributed by atoms with Gasteiger partial charge in [0.2, 0.25) is 0 Å². The maximum Gasteiger partial charge on any atom is 0.178 e. The van der Waals surface area contributed by atoms with Crippen molar-refractivity contribution in [2.24, 2.45) is 0 Å². The molecule has 3 N–H and O–H groups in total. The summed E-state index contributed by atoms with van der Waals surface area (Å²) in [5.74, 6) is -0.117. The topological polar surface area (TPSA) is 107 Å². The molecule has 0 unspecified atom stereocenters. The first-order valence-corrected chi connectivity index (χ1v) is 12.6. The maximum atomic E-state index is 14.0. The highest BCUT2D eigenvalue weighted by Crippen LogP contribution is 2.34. The first-order valence-electron chi connectivity index (χ1n) is 12.6. The molecule has 5 heterocycles. The Kier molecular flexibility index (Phi) is 5.36. The van der Waals surface area contributed by atoms with Crippen LogP contribution < -0.4 is 0 Å². The smallest absolute Gasteiger partial charge is 0.178 e. The largest absolute Gasteiger partial charge is 0.508 e. The summed E-state index contributed by atoms with van der Waals surface area (Å²) in [5.41, 5.74) is 7.17. The number of phenolic OH excluding ortho intramolecular Hbond substituents is 1. The number of aromatic nitrogens is 6. The van der Waals surface area contributed by atoms with E-state index in [4.69, 9.17) is 0 Å². The molecule has 0 spiro atoms. The van der Waals surface area contributed by atoms with E-state index in [1.165, 1.54) is 30.5 Å². The number of nitrogens with zero attached hydrogens (tertiary/aromatic N) is 5. The molecule has 6 aromatic rings. The van der Waals surface area contributed by atoms with Crippen LogP contribution in [0.3, 0.4) is 0 Å². The fourth-order valence-electron chi connectivity index (χ4n) is 5.30. The molecule has 188 valence electrons. The van der Waals surface area contributed by atoms with E-state index in [0.29, 0.717) is 33.8 Å². The summed E-state index contributed by atoms with van der Waals surface area (Å²) in [7, 11) is 0. The lowest BCUT2D eigenvalue weighted by molar-refractivity contribution is 0.331. The second kappa shape index (κ2) is 9.04. The molecule has 7 rings (SSSR count). The lowest BCUT2D eigenvalue weighted by Gasteiger charge is -2.14. The van der Waals surface area contributed by atoms with E-state index in [9.17, 15) is 9.50 Å². The van der Waals surface area contributed by atoms with Gasteiger partial charge in [0.15, 0.2) is 11.5 Å². The number of rotatable bonds is 5. The predicted molar refractivity (Wildman–Crippen MR) is 144 cm³/mol. The van der Waals surface area contributed by atoms with E-state index in [1.54, 1.807) is 12.3 Å². The van der Waals surface area contributed by atoms with E-state index < -0.39 is 5.82 Å². The molecule has 8 nitrogen and oxygen atoms in total. The molecule has 1 aliphatic rings. The summed E-state index contributed by atoms with van der Waals surface area (Å²) in [6.45, 7) is 3.20. The number of H-pyrrole nitrogens is 2. The Balaban J connectivity index is 1.28. The Morgan fingerprint density at radius 2 is 1.84 bits per heavy atom. The van der Waals surface area contributed by atoms with Crippen molar-refractivity contribution in [2.75, 3.05) is 13.1 Å². The van der Waals surface area contributed by atoms with E-state index in [1.807, 2.05) is 18.5 Å². The van der Waals surface area contributed by atoms with E-state index >= 15 is 0 Å². The van der Waals surface area contributed by atoms with E-state index in [0.717, 1.165) is 47.7 Å². The van der Waals surface area contributed by atoms with Crippen LogP contribution in [-0.2, 0) is 6.54 Å². The lowest BCUT2D eigenvalue weighted by atomic mass is 10.0. The number of nitrogens with one attached hydrogen (secondary N) is 2. The van der Waals surface area contributed by atoms with Gasteiger partial charge in [-0.1, -0.05) is 6.07 Å². The van der Waals surface area contributed by atoms with Gasteiger partial charge in [-0.2, -0.15) is 5.10 Å². The predicted octanol–water partition coefficient (Wildman–Crippen LogP) is 5.67. The second-order valence-electron chi connectivity index (χ2n) is 9.74. The average Bonchev–Trinajstić information content (AvgIpc) is 3.67. The van der Waals surface area contributed by atoms with Gasteiger partial charge in [-0.25, -0.2) is 14.4 Å².